The number of carbonyl (C=O) groups is 1. The first-order valence-corrected chi connectivity index (χ1v) is 7.78. The molecule has 0 saturated heterocycles. The minimum Gasteiger partial charge on any atom is -0.463 e. The SMILES string of the molecule is Cc1nn(C)c(C)c1NC(=O)C(C)Oc1nn(C)c2ccccc12. The van der Waals surface area contributed by atoms with E-state index >= 15 is 0 Å². The average molecular weight is 327 g/mol. The van der Waals surface area contributed by atoms with Gasteiger partial charge < -0.3 is 10.1 Å². The standard InChI is InChI=1S/C17H21N5O2/c1-10-15(11(2)21(4)19-10)18-16(23)12(3)24-17-13-8-6-7-9-14(13)22(5)20-17/h6-9,12H,1-5H3,(H,18,23). The van der Waals surface area contributed by atoms with Crippen molar-refractivity contribution < 1.29 is 9.53 Å². The van der Waals surface area contributed by atoms with Crippen LogP contribution in [-0.2, 0) is 18.9 Å². The molecule has 0 aliphatic rings. The summed E-state index contributed by atoms with van der Waals surface area (Å²) in [5.41, 5.74) is 3.36. The van der Waals surface area contributed by atoms with Gasteiger partial charge in [-0.1, -0.05) is 12.1 Å². The molecule has 1 atom stereocenters. The fraction of sp³-hybridized carbons (Fsp3) is 0.353. The molecular weight excluding hydrogens is 306 g/mol. The van der Waals surface area contributed by atoms with Crippen LogP contribution < -0.4 is 10.1 Å². The van der Waals surface area contributed by atoms with E-state index in [1.54, 1.807) is 16.3 Å². The molecule has 7 heteroatoms. The maximum Gasteiger partial charge on any atom is 0.265 e. The Kier molecular flexibility index (Phi) is 4.01. The van der Waals surface area contributed by atoms with Crippen molar-refractivity contribution in [1.82, 2.24) is 19.6 Å². The summed E-state index contributed by atoms with van der Waals surface area (Å²) in [6.07, 6.45) is -0.678. The van der Waals surface area contributed by atoms with Crippen LogP contribution in [0.2, 0.25) is 0 Å². The third kappa shape index (κ3) is 2.73. The minimum atomic E-state index is -0.678. The lowest BCUT2D eigenvalue weighted by Crippen LogP contribution is -2.30. The highest BCUT2D eigenvalue weighted by atomic mass is 16.5. The smallest absolute Gasteiger partial charge is 0.265 e. The third-order valence-corrected chi connectivity index (χ3v) is 4.14. The van der Waals surface area contributed by atoms with E-state index in [1.165, 1.54) is 0 Å². The second-order valence-electron chi connectivity index (χ2n) is 5.86. The summed E-state index contributed by atoms with van der Waals surface area (Å²) < 4.78 is 9.28. The van der Waals surface area contributed by atoms with Crippen LogP contribution in [0.5, 0.6) is 5.88 Å². The van der Waals surface area contributed by atoms with Crippen LogP contribution >= 0.6 is 0 Å². The van der Waals surface area contributed by atoms with Crippen LogP contribution in [0.25, 0.3) is 10.9 Å². The first-order chi connectivity index (χ1) is 11.4. The van der Waals surface area contributed by atoms with Gasteiger partial charge in [0.15, 0.2) is 6.10 Å². The fourth-order valence-corrected chi connectivity index (χ4v) is 2.67. The van der Waals surface area contributed by atoms with E-state index in [0.717, 1.165) is 28.0 Å². The number of aryl methyl sites for hydroxylation is 3. The number of nitrogens with zero attached hydrogens (tertiary/aromatic N) is 4. The molecule has 126 valence electrons. The second kappa shape index (κ2) is 5.99. The zero-order valence-electron chi connectivity index (χ0n) is 14.5. The topological polar surface area (TPSA) is 74.0 Å². The van der Waals surface area contributed by atoms with Crippen LogP contribution in [0, 0.1) is 13.8 Å². The molecule has 0 bridgehead atoms. The van der Waals surface area contributed by atoms with Gasteiger partial charge >= 0.3 is 0 Å². The summed E-state index contributed by atoms with van der Waals surface area (Å²) in [6, 6.07) is 7.75. The molecule has 1 unspecified atom stereocenters. The number of benzene rings is 1. The van der Waals surface area contributed by atoms with E-state index in [1.807, 2.05) is 52.2 Å². The van der Waals surface area contributed by atoms with Crippen molar-refractivity contribution in [3.05, 3.63) is 35.7 Å². The van der Waals surface area contributed by atoms with Gasteiger partial charge in [0.2, 0.25) is 5.88 Å². The van der Waals surface area contributed by atoms with E-state index in [-0.39, 0.29) is 5.91 Å². The molecule has 1 N–H and O–H groups in total. The largest absolute Gasteiger partial charge is 0.463 e. The number of hydrogen-bond acceptors (Lipinski definition) is 4. The van der Waals surface area contributed by atoms with Crippen molar-refractivity contribution >= 4 is 22.5 Å². The van der Waals surface area contributed by atoms with Crippen LogP contribution in [0.1, 0.15) is 18.3 Å². The van der Waals surface area contributed by atoms with Crippen LogP contribution in [-0.4, -0.2) is 31.6 Å². The lowest BCUT2D eigenvalue weighted by molar-refractivity contribution is -0.122. The van der Waals surface area contributed by atoms with Gasteiger partial charge in [-0.3, -0.25) is 14.2 Å². The number of nitrogens with one attached hydrogen (secondary N) is 1. The summed E-state index contributed by atoms with van der Waals surface area (Å²) in [4.78, 5) is 12.5. The van der Waals surface area contributed by atoms with Crippen LogP contribution in [0.3, 0.4) is 0 Å². The zero-order chi connectivity index (χ0) is 17.4. The molecule has 3 aromatic rings. The van der Waals surface area contributed by atoms with E-state index in [4.69, 9.17) is 4.74 Å². The number of aromatic nitrogens is 4. The number of hydrogen-bond donors (Lipinski definition) is 1. The average Bonchev–Trinajstić information content (AvgIpc) is 2.99. The molecule has 2 heterocycles. The number of rotatable bonds is 4. The minimum absolute atomic E-state index is 0.232. The number of carbonyl (C=O) groups excluding carboxylic acids is 1. The van der Waals surface area contributed by atoms with Crippen molar-refractivity contribution in [2.75, 3.05) is 5.32 Å². The van der Waals surface area contributed by atoms with Crippen molar-refractivity contribution in [2.45, 2.75) is 26.9 Å². The molecule has 0 saturated carbocycles. The molecule has 7 nitrogen and oxygen atoms in total. The molecule has 0 fully saturated rings. The maximum atomic E-state index is 12.5. The Morgan fingerprint density at radius 2 is 1.88 bits per heavy atom. The van der Waals surface area contributed by atoms with Crippen LogP contribution in [0.4, 0.5) is 5.69 Å². The number of anilines is 1. The lowest BCUT2D eigenvalue weighted by Gasteiger charge is -2.13. The molecule has 24 heavy (non-hydrogen) atoms. The summed E-state index contributed by atoms with van der Waals surface area (Å²) in [5.74, 6) is 0.222. The molecule has 1 amide bonds. The molecule has 0 aliphatic heterocycles. The number of fused-ring (bicyclic) bond motifs is 1. The van der Waals surface area contributed by atoms with Gasteiger partial charge in [-0.15, -0.1) is 5.10 Å². The molecule has 0 spiro atoms. The quantitative estimate of drug-likeness (QED) is 0.798. The number of ether oxygens (including phenoxy) is 1. The van der Waals surface area contributed by atoms with Gasteiger partial charge in [0.05, 0.1) is 28.0 Å². The normalized spacial score (nSPS) is 12.4. The predicted molar refractivity (Wildman–Crippen MR) is 92.1 cm³/mol. The highest BCUT2D eigenvalue weighted by molar-refractivity contribution is 5.95. The van der Waals surface area contributed by atoms with E-state index < -0.39 is 6.10 Å². The molecular formula is C17H21N5O2. The Bertz CT molecular complexity index is 909. The van der Waals surface area contributed by atoms with Crippen LogP contribution in [0.15, 0.2) is 24.3 Å². The summed E-state index contributed by atoms with van der Waals surface area (Å²) >= 11 is 0. The first kappa shape index (κ1) is 16.0. The van der Waals surface area contributed by atoms with Gasteiger partial charge in [-0.2, -0.15) is 5.10 Å². The Labute approximate surface area is 140 Å². The Balaban J connectivity index is 1.79. The van der Waals surface area contributed by atoms with E-state index in [9.17, 15) is 4.79 Å². The van der Waals surface area contributed by atoms with Crippen molar-refractivity contribution in [2.24, 2.45) is 14.1 Å². The first-order valence-electron chi connectivity index (χ1n) is 7.78. The maximum absolute atomic E-state index is 12.5. The Morgan fingerprint density at radius 3 is 2.54 bits per heavy atom. The number of amides is 1. The van der Waals surface area contributed by atoms with Gasteiger partial charge in [0.1, 0.15) is 0 Å². The van der Waals surface area contributed by atoms with Gasteiger partial charge in [-0.25, -0.2) is 0 Å². The highest BCUT2D eigenvalue weighted by Crippen LogP contribution is 2.25. The highest BCUT2D eigenvalue weighted by Gasteiger charge is 2.21. The Morgan fingerprint density at radius 1 is 1.17 bits per heavy atom. The van der Waals surface area contributed by atoms with Crippen molar-refractivity contribution in [3.63, 3.8) is 0 Å². The van der Waals surface area contributed by atoms with Crippen molar-refractivity contribution in [1.29, 1.82) is 0 Å². The third-order valence-electron chi connectivity index (χ3n) is 4.14. The van der Waals surface area contributed by atoms with Gasteiger partial charge in [0.25, 0.3) is 5.91 Å². The zero-order valence-corrected chi connectivity index (χ0v) is 14.5. The predicted octanol–water partition coefficient (Wildman–Crippen LogP) is 2.33. The molecule has 0 radical (unpaired) electrons. The van der Waals surface area contributed by atoms with E-state index in [0.29, 0.717) is 5.88 Å². The lowest BCUT2D eigenvalue weighted by atomic mass is 10.2. The Hall–Kier alpha value is -2.83. The molecule has 1 aromatic carbocycles. The fourth-order valence-electron chi connectivity index (χ4n) is 2.67. The summed E-state index contributed by atoms with van der Waals surface area (Å²) in [7, 11) is 3.69. The summed E-state index contributed by atoms with van der Waals surface area (Å²) in [6.45, 7) is 5.48. The van der Waals surface area contributed by atoms with Gasteiger partial charge in [0, 0.05) is 14.1 Å². The number of para-hydroxylation sites is 1. The second-order valence-corrected chi connectivity index (χ2v) is 5.86. The monoisotopic (exact) mass is 327 g/mol. The molecule has 3 rings (SSSR count). The van der Waals surface area contributed by atoms with Gasteiger partial charge in [-0.05, 0) is 32.9 Å². The summed E-state index contributed by atoms with van der Waals surface area (Å²) in [5, 5.41) is 12.4. The van der Waals surface area contributed by atoms with Crippen molar-refractivity contribution in [3.8, 4) is 5.88 Å². The molecule has 0 aliphatic carbocycles. The molecule has 2 aromatic heterocycles. The van der Waals surface area contributed by atoms with E-state index in [2.05, 4.69) is 15.5 Å².